The number of carboxylic acid groups (broad SMARTS) is 1. The number of carboxylic acids is 1. The maximum absolute atomic E-state index is 11.7. The zero-order valence-corrected chi connectivity index (χ0v) is 11.9. The Morgan fingerprint density at radius 2 is 1.84 bits per heavy atom. The molecule has 2 N–H and O–H groups in total. The van der Waals surface area contributed by atoms with Crippen molar-refractivity contribution in [2.75, 3.05) is 25.1 Å². The van der Waals surface area contributed by atoms with Gasteiger partial charge in [-0.05, 0) is 6.92 Å². The minimum Gasteiger partial charge on any atom is -0.480 e. The normalized spacial score (nSPS) is 12.6. The average Bonchev–Trinajstić information content (AvgIpc) is 2.25. The first-order valence-corrected chi connectivity index (χ1v) is 7.35. The summed E-state index contributed by atoms with van der Waals surface area (Å²) < 4.78 is 23.4. The third-order valence-electron chi connectivity index (χ3n) is 2.34. The van der Waals surface area contributed by atoms with Crippen molar-refractivity contribution in [3.05, 3.63) is 0 Å². The molecule has 0 saturated heterocycles. The minimum atomic E-state index is -3.91. The molecule has 0 aromatic heterocycles. The second-order valence-corrected chi connectivity index (χ2v) is 6.16. The van der Waals surface area contributed by atoms with E-state index in [9.17, 15) is 22.8 Å². The van der Waals surface area contributed by atoms with Gasteiger partial charge in [-0.3, -0.25) is 9.59 Å². The van der Waals surface area contributed by atoms with E-state index < -0.39 is 45.2 Å². The Morgan fingerprint density at radius 3 is 2.21 bits per heavy atom. The molecule has 2 amide bonds. The van der Waals surface area contributed by atoms with Crippen LogP contribution in [0.15, 0.2) is 0 Å². The second-order valence-electron chi connectivity index (χ2n) is 4.05. The summed E-state index contributed by atoms with van der Waals surface area (Å²) in [5.74, 6) is -4.32. The summed E-state index contributed by atoms with van der Waals surface area (Å²) in [6.45, 7) is 3.11. The highest BCUT2D eigenvalue weighted by Gasteiger charge is 2.28. The maximum atomic E-state index is 11.7. The number of sulfone groups is 1. The molecule has 8 nitrogen and oxygen atoms in total. The van der Waals surface area contributed by atoms with E-state index in [0.717, 1.165) is 6.92 Å². The molecule has 0 saturated carbocycles. The van der Waals surface area contributed by atoms with Gasteiger partial charge in [-0.1, -0.05) is 0 Å². The first-order valence-electron chi connectivity index (χ1n) is 5.53. The van der Waals surface area contributed by atoms with Gasteiger partial charge in [0.2, 0.25) is 11.8 Å². The van der Waals surface area contributed by atoms with Gasteiger partial charge in [0.05, 0.1) is 5.75 Å². The number of amides is 2. The lowest BCUT2D eigenvalue weighted by molar-refractivity contribution is -0.140. The number of rotatable bonds is 7. The molecule has 0 bridgehead atoms. The van der Waals surface area contributed by atoms with E-state index in [4.69, 9.17) is 5.11 Å². The van der Waals surface area contributed by atoms with Crippen molar-refractivity contribution < 1.29 is 27.9 Å². The van der Waals surface area contributed by atoms with Gasteiger partial charge in [0.15, 0.2) is 9.84 Å². The fourth-order valence-corrected chi connectivity index (χ4v) is 2.66. The van der Waals surface area contributed by atoms with Crippen LogP contribution in [-0.2, 0) is 24.2 Å². The molecule has 0 aromatic rings. The predicted octanol–water partition coefficient (Wildman–Crippen LogP) is -1.53. The Labute approximate surface area is 111 Å². The third kappa shape index (κ3) is 6.75. The van der Waals surface area contributed by atoms with Crippen LogP contribution in [0.2, 0.25) is 0 Å². The first-order chi connectivity index (χ1) is 8.59. The van der Waals surface area contributed by atoms with Crippen LogP contribution in [-0.4, -0.2) is 67.3 Å². The van der Waals surface area contributed by atoms with Crippen molar-refractivity contribution >= 4 is 27.6 Å². The molecule has 0 unspecified atom stereocenters. The Morgan fingerprint density at radius 1 is 1.32 bits per heavy atom. The molecular formula is C10H18N2O6S. The van der Waals surface area contributed by atoms with Crippen LogP contribution in [0.5, 0.6) is 0 Å². The monoisotopic (exact) mass is 294 g/mol. The molecule has 0 aliphatic carbocycles. The highest BCUT2D eigenvalue weighted by Crippen LogP contribution is 1.99. The highest BCUT2D eigenvalue weighted by molar-refractivity contribution is 7.92. The summed E-state index contributed by atoms with van der Waals surface area (Å²) in [7, 11) is -2.47. The van der Waals surface area contributed by atoms with Gasteiger partial charge in [0, 0.05) is 20.5 Å². The second kappa shape index (κ2) is 7.07. The molecule has 0 fully saturated rings. The fraction of sp³-hybridized carbons (Fsp3) is 0.700. The van der Waals surface area contributed by atoms with Crippen molar-refractivity contribution in [2.45, 2.75) is 19.9 Å². The third-order valence-corrected chi connectivity index (χ3v) is 3.87. The Balaban J connectivity index is 4.78. The first kappa shape index (κ1) is 17.4. The molecule has 1 atom stereocenters. The lowest BCUT2D eigenvalue weighted by atomic mass is 10.3. The summed E-state index contributed by atoms with van der Waals surface area (Å²) in [5, 5.41) is 10.8. The van der Waals surface area contributed by atoms with E-state index in [1.165, 1.54) is 11.9 Å². The van der Waals surface area contributed by atoms with Crippen LogP contribution in [0.4, 0.5) is 0 Å². The molecule has 0 aliphatic rings. The number of hydrogen-bond acceptors (Lipinski definition) is 5. The lowest BCUT2D eigenvalue weighted by Crippen LogP contribution is -2.46. The van der Waals surface area contributed by atoms with Crippen molar-refractivity contribution in [2.24, 2.45) is 0 Å². The van der Waals surface area contributed by atoms with Crippen LogP contribution in [0.25, 0.3) is 0 Å². The number of aliphatic carboxylic acids is 1. The molecule has 9 heteroatoms. The SMILES string of the molecule is CCN(C)C(=O)CS(=O)(=O)C[C@H](NC(C)=O)C(=O)O. The van der Waals surface area contributed by atoms with Gasteiger partial charge in [0.25, 0.3) is 0 Å². The number of hydrogen-bond donors (Lipinski definition) is 2. The van der Waals surface area contributed by atoms with E-state index >= 15 is 0 Å². The standard InChI is InChI=1S/C10H18N2O6S/c1-4-12(3)9(14)6-19(17,18)5-8(10(15)16)11-7(2)13/h8H,4-6H2,1-3H3,(H,11,13)(H,15,16)/t8-/m0/s1. The Kier molecular flexibility index (Phi) is 6.46. The van der Waals surface area contributed by atoms with E-state index in [0.29, 0.717) is 6.54 Å². The van der Waals surface area contributed by atoms with Crippen LogP contribution < -0.4 is 5.32 Å². The van der Waals surface area contributed by atoms with E-state index in [-0.39, 0.29) is 0 Å². The molecule has 0 aliphatic heterocycles. The topological polar surface area (TPSA) is 121 Å². The van der Waals surface area contributed by atoms with Gasteiger partial charge < -0.3 is 15.3 Å². The summed E-state index contributed by atoms with van der Waals surface area (Å²) >= 11 is 0. The molecule has 110 valence electrons. The van der Waals surface area contributed by atoms with Crippen LogP contribution in [0.3, 0.4) is 0 Å². The average molecular weight is 294 g/mol. The fourth-order valence-electron chi connectivity index (χ4n) is 1.21. The van der Waals surface area contributed by atoms with Gasteiger partial charge in [0.1, 0.15) is 11.8 Å². The van der Waals surface area contributed by atoms with Crippen LogP contribution in [0, 0.1) is 0 Å². The zero-order chi connectivity index (χ0) is 15.2. The molecule has 0 radical (unpaired) electrons. The number of nitrogens with one attached hydrogen (secondary N) is 1. The van der Waals surface area contributed by atoms with Crippen LogP contribution >= 0.6 is 0 Å². The molecule has 0 heterocycles. The van der Waals surface area contributed by atoms with Crippen LogP contribution in [0.1, 0.15) is 13.8 Å². The summed E-state index contributed by atoms with van der Waals surface area (Å²) in [4.78, 5) is 34.3. The molecule has 0 aromatic carbocycles. The highest BCUT2D eigenvalue weighted by atomic mass is 32.2. The Hall–Kier alpha value is -1.64. The van der Waals surface area contributed by atoms with Gasteiger partial charge in [-0.25, -0.2) is 13.2 Å². The molecular weight excluding hydrogens is 276 g/mol. The number of nitrogens with zero attached hydrogens (tertiary/aromatic N) is 1. The van der Waals surface area contributed by atoms with Crippen molar-refractivity contribution in [1.29, 1.82) is 0 Å². The largest absolute Gasteiger partial charge is 0.480 e. The molecule has 0 rings (SSSR count). The quantitative estimate of drug-likeness (QED) is 0.587. The smallest absolute Gasteiger partial charge is 0.327 e. The minimum absolute atomic E-state index is 0.350. The summed E-state index contributed by atoms with van der Waals surface area (Å²) in [6, 6.07) is -1.55. The summed E-state index contributed by atoms with van der Waals surface area (Å²) in [5.41, 5.74) is 0. The zero-order valence-electron chi connectivity index (χ0n) is 11.0. The predicted molar refractivity (Wildman–Crippen MR) is 67.2 cm³/mol. The van der Waals surface area contributed by atoms with Crippen molar-refractivity contribution in [1.82, 2.24) is 10.2 Å². The Bertz CT molecular complexity index is 459. The van der Waals surface area contributed by atoms with Gasteiger partial charge in [-0.15, -0.1) is 0 Å². The molecule has 0 spiro atoms. The van der Waals surface area contributed by atoms with Crippen molar-refractivity contribution in [3.8, 4) is 0 Å². The van der Waals surface area contributed by atoms with E-state index in [2.05, 4.69) is 0 Å². The lowest BCUT2D eigenvalue weighted by Gasteiger charge is -2.16. The summed E-state index contributed by atoms with van der Waals surface area (Å²) in [6.07, 6.45) is 0. The van der Waals surface area contributed by atoms with Gasteiger partial charge in [-0.2, -0.15) is 0 Å². The number of carbonyl (C=O) groups is 3. The van der Waals surface area contributed by atoms with Gasteiger partial charge >= 0.3 is 5.97 Å². The van der Waals surface area contributed by atoms with E-state index in [1.807, 2.05) is 5.32 Å². The van der Waals surface area contributed by atoms with Crippen molar-refractivity contribution in [3.63, 3.8) is 0 Å². The number of carbonyl (C=O) groups excluding carboxylic acids is 2. The molecule has 19 heavy (non-hydrogen) atoms. The van der Waals surface area contributed by atoms with E-state index in [1.54, 1.807) is 6.92 Å². The maximum Gasteiger partial charge on any atom is 0.327 e.